The molecule has 14 heavy (non-hydrogen) atoms. The quantitative estimate of drug-likeness (QED) is 0.537. The van der Waals surface area contributed by atoms with Crippen LogP contribution in [0.15, 0.2) is 4.99 Å². The van der Waals surface area contributed by atoms with E-state index in [1.54, 1.807) is 0 Å². The number of rotatable bonds is 4. The normalized spacial score (nSPS) is 20.3. The Labute approximate surface area is 82.8 Å². The third-order valence-corrected chi connectivity index (χ3v) is 2.36. The molecule has 0 bridgehead atoms. The monoisotopic (exact) mass is 205 g/mol. The second-order valence-corrected chi connectivity index (χ2v) is 4.16. The zero-order chi connectivity index (χ0) is 10.8. The highest BCUT2D eigenvalue weighted by molar-refractivity contribution is 5.78. The summed E-state index contributed by atoms with van der Waals surface area (Å²) in [4.78, 5) is 3.92. The fourth-order valence-electron chi connectivity index (χ4n) is 1.19. The van der Waals surface area contributed by atoms with Gasteiger partial charge in [-0.1, -0.05) is 0 Å². The minimum atomic E-state index is -2.28. The molecule has 1 aliphatic carbocycles. The molecule has 0 saturated heterocycles. The summed E-state index contributed by atoms with van der Waals surface area (Å²) >= 11 is 0. The van der Waals surface area contributed by atoms with Crippen molar-refractivity contribution in [3.63, 3.8) is 0 Å². The summed E-state index contributed by atoms with van der Waals surface area (Å²) < 4.78 is 24.9. The molecule has 0 radical (unpaired) electrons. The molecule has 1 saturated carbocycles. The Hall–Kier alpha value is -0.870. The molecule has 0 unspecified atom stereocenters. The van der Waals surface area contributed by atoms with E-state index in [4.69, 9.17) is 5.73 Å². The maximum Gasteiger partial charge on any atom is 0.245 e. The van der Waals surface area contributed by atoms with Crippen LogP contribution in [-0.2, 0) is 0 Å². The molecule has 0 amide bonds. The van der Waals surface area contributed by atoms with Crippen molar-refractivity contribution >= 4 is 5.96 Å². The second-order valence-electron chi connectivity index (χ2n) is 4.16. The van der Waals surface area contributed by atoms with Crippen molar-refractivity contribution in [3.8, 4) is 0 Å². The summed E-state index contributed by atoms with van der Waals surface area (Å²) in [6, 6.07) is 0.181. The van der Waals surface area contributed by atoms with Gasteiger partial charge in [0.15, 0.2) is 5.96 Å². The van der Waals surface area contributed by atoms with E-state index in [2.05, 4.69) is 10.3 Å². The van der Waals surface area contributed by atoms with Crippen LogP contribution >= 0.6 is 0 Å². The highest BCUT2D eigenvalue weighted by Gasteiger charge is 2.50. The van der Waals surface area contributed by atoms with Gasteiger partial charge in [0.1, 0.15) is 0 Å². The summed E-state index contributed by atoms with van der Waals surface area (Å²) in [6.07, 6.45) is -1.16. The van der Waals surface area contributed by atoms with Gasteiger partial charge in [-0.25, -0.2) is 8.78 Å². The SMILES string of the molecule is CC(C)NC(N)=NCC1(C(F)F)CC1. The van der Waals surface area contributed by atoms with Gasteiger partial charge < -0.3 is 11.1 Å². The summed E-state index contributed by atoms with van der Waals surface area (Å²) in [5.41, 5.74) is 4.63. The lowest BCUT2D eigenvalue weighted by molar-refractivity contribution is 0.0667. The molecule has 0 aromatic heterocycles. The van der Waals surface area contributed by atoms with Crippen LogP contribution in [0.3, 0.4) is 0 Å². The molecule has 0 aromatic rings. The van der Waals surface area contributed by atoms with E-state index in [9.17, 15) is 8.78 Å². The molecule has 1 aliphatic rings. The zero-order valence-corrected chi connectivity index (χ0v) is 8.56. The first kappa shape index (κ1) is 11.2. The van der Waals surface area contributed by atoms with Crippen LogP contribution in [0.1, 0.15) is 26.7 Å². The molecule has 0 heterocycles. The molecule has 0 atom stereocenters. The lowest BCUT2D eigenvalue weighted by Gasteiger charge is -2.12. The fourth-order valence-corrected chi connectivity index (χ4v) is 1.19. The molecule has 1 fully saturated rings. The smallest absolute Gasteiger partial charge is 0.245 e. The van der Waals surface area contributed by atoms with Crippen LogP contribution in [0.2, 0.25) is 0 Å². The van der Waals surface area contributed by atoms with Crippen LogP contribution < -0.4 is 11.1 Å². The lowest BCUT2D eigenvalue weighted by atomic mass is 10.1. The van der Waals surface area contributed by atoms with Gasteiger partial charge in [0.2, 0.25) is 6.43 Å². The number of guanidine groups is 1. The molecule has 1 rings (SSSR count). The first-order valence-electron chi connectivity index (χ1n) is 4.81. The Morgan fingerprint density at radius 2 is 2.07 bits per heavy atom. The number of halogens is 2. The van der Waals surface area contributed by atoms with Gasteiger partial charge >= 0.3 is 0 Å². The zero-order valence-electron chi connectivity index (χ0n) is 8.56. The topological polar surface area (TPSA) is 50.4 Å². The first-order chi connectivity index (χ1) is 6.46. The minimum absolute atomic E-state index is 0.135. The predicted molar refractivity (Wildman–Crippen MR) is 52.4 cm³/mol. The van der Waals surface area contributed by atoms with Crippen molar-refractivity contribution in [2.75, 3.05) is 6.54 Å². The average molecular weight is 205 g/mol. The lowest BCUT2D eigenvalue weighted by Crippen LogP contribution is -2.37. The van der Waals surface area contributed by atoms with Crippen LogP contribution in [0.4, 0.5) is 8.78 Å². The molecule has 0 spiro atoms. The van der Waals surface area contributed by atoms with Crippen molar-refractivity contribution in [1.29, 1.82) is 0 Å². The summed E-state index contributed by atoms with van der Waals surface area (Å²) in [5.74, 6) is 0.256. The Morgan fingerprint density at radius 1 is 1.50 bits per heavy atom. The molecular weight excluding hydrogens is 188 g/mol. The second kappa shape index (κ2) is 4.11. The summed E-state index contributed by atoms with van der Waals surface area (Å²) in [7, 11) is 0. The number of aliphatic imine (C=N–C) groups is 1. The number of alkyl halides is 2. The largest absolute Gasteiger partial charge is 0.370 e. The maximum absolute atomic E-state index is 12.5. The van der Waals surface area contributed by atoms with E-state index >= 15 is 0 Å². The van der Waals surface area contributed by atoms with E-state index in [-0.39, 0.29) is 18.5 Å². The van der Waals surface area contributed by atoms with Crippen molar-refractivity contribution in [2.24, 2.45) is 16.1 Å². The van der Waals surface area contributed by atoms with Crippen molar-refractivity contribution in [2.45, 2.75) is 39.2 Å². The number of hydrogen-bond acceptors (Lipinski definition) is 1. The highest BCUT2D eigenvalue weighted by atomic mass is 19.3. The molecule has 0 aromatic carbocycles. The van der Waals surface area contributed by atoms with Gasteiger partial charge in [0.05, 0.1) is 12.0 Å². The van der Waals surface area contributed by atoms with Gasteiger partial charge in [0, 0.05) is 6.04 Å². The molecule has 5 heteroatoms. The van der Waals surface area contributed by atoms with Gasteiger partial charge in [-0.2, -0.15) is 0 Å². The number of hydrogen-bond donors (Lipinski definition) is 2. The highest BCUT2D eigenvalue weighted by Crippen LogP contribution is 2.50. The van der Waals surface area contributed by atoms with Crippen LogP contribution in [0.5, 0.6) is 0 Å². The van der Waals surface area contributed by atoms with E-state index < -0.39 is 11.8 Å². The molecular formula is C9H17F2N3. The Kier molecular flexibility index (Phi) is 3.29. The van der Waals surface area contributed by atoms with Crippen LogP contribution in [0, 0.1) is 5.41 Å². The molecule has 3 nitrogen and oxygen atoms in total. The van der Waals surface area contributed by atoms with Crippen LogP contribution in [0.25, 0.3) is 0 Å². The van der Waals surface area contributed by atoms with Crippen LogP contribution in [-0.4, -0.2) is 25.0 Å². The van der Waals surface area contributed by atoms with Crippen molar-refractivity contribution < 1.29 is 8.78 Å². The Morgan fingerprint density at radius 3 is 2.43 bits per heavy atom. The van der Waals surface area contributed by atoms with Gasteiger partial charge in [0.25, 0.3) is 0 Å². The number of nitrogens with zero attached hydrogens (tertiary/aromatic N) is 1. The van der Waals surface area contributed by atoms with E-state index in [0.717, 1.165) is 0 Å². The van der Waals surface area contributed by atoms with Gasteiger partial charge in [-0.15, -0.1) is 0 Å². The van der Waals surface area contributed by atoms with E-state index in [0.29, 0.717) is 12.8 Å². The molecule has 3 N–H and O–H groups in total. The summed E-state index contributed by atoms with van der Waals surface area (Å²) in [6.45, 7) is 3.97. The van der Waals surface area contributed by atoms with Crippen molar-refractivity contribution in [3.05, 3.63) is 0 Å². The van der Waals surface area contributed by atoms with Gasteiger partial charge in [-0.05, 0) is 26.7 Å². The predicted octanol–water partition coefficient (Wildman–Crippen LogP) is 1.34. The molecule has 0 aliphatic heterocycles. The minimum Gasteiger partial charge on any atom is -0.370 e. The van der Waals surface area contributed by atoms with E-state index in [1.165, 1.54) is 0 Å². The summed E-state index contributed by atoms with van der Waals surface area (Å²) in [5, 5.41) is 2.86. The number of nitrogens with two attached hydrogens (primary N) is 1. The number of nitrogens with one attached hydrogen (secondary N) is 1. The Bertz CT molecular complexity index is 222. The van der Waals surface area contributed by atoms with E-state index in [1.807, 2.05) is 13.8 Å². The third kappa shape index (κ3) is 2.82. The maximum atomic E-state index is 12.5. The standard InChI is InChI=1S/C9H17F2N3/c1-6(2)14-8(12)13-5-9(3-4-9)7(10)11/h6-7H,3-5H2,1-2H3,(H3,12,13,14). The average Bonchev–Trinajstić information content (AvgIpc) is 2.79. The van der Waals surface area contributed by atoms with Crippen molar-refractivity contribution in [1.82, 2.24) is 5.32 Å². The Balaban J connectivity index is 2.38. The first-order valence-corrected chi connectivity index (χ1v) is 4.81. The third-order valence-electron chi connectivity index (χ3n) is 2.36. The van der Waals surface area contributed by atoms with Gasteiger partial charge in [-0.3, -0.25) is 4.99 Å². The molecule has 82 valence electrons. The fraction of sp³-hybridized carbons (Fsp3) is 0.889.